The third-order valence-corrected chi connectivity index (χ3v) is 24.6. The van der Waals surface area contributed by atoms with Crippen LogP contribution >= 0.6 is 0 Å². The molecular weight excluding hydrogens is 1060 g/mol. The topological polar surface area (TPSA) is 38.8 Å². The Kier molecular flexibility index (Phi) is 46.8. The van der Waals surface area contributed by atoms with Crippen molar-refractivity contribution in [2.45, 2.75) is 408 Å². The van der Waals surface area contributed by atoms with Crippen LogP contribution < -0.4 is 5.32 Å². The molecule has 0 aromatic rings. The molecule has 0 aliphatic heterocycles. The minimum absolute atomic E-state index is 0.318. The number of hydrogen-bond acceptors (Lipinski definition) is 4. The van der Waals surface area contributed by atoms with Gasteiger partial charge >= 0.3 is 0 Å². The van der Waals surface area contributed by atoms with Gasteiger partial charge in [-0.05, 0) is 214 Å². The molecule has 7 unspecified atom stereocenters. The van der Waals surface area contributed by atoms with Crippen LogP contribution in [-0.4, -0.2) is 86.1 Å². The molecule has 1 amide bonds. The Balaban J connectivity index is 1.24. The minimum atomic E-state index is 0.318. The number of fused-ring (bicyclic) bond motifs is 5. The van der Waals surface area contributed by atoms with Gasteiger partial charge in [0.2, 0.25) is 5.91 Å². The summed E-state index contributed by atoms with van der Waals surface area (Å²) in [6.45, 7) is 29.6. The molecule has 0 bridgehead atoms. The molecular formula is C82H160N4O. The van der Waals surface area contributed by atoms with E-state index in [1.807, 2.05) is 0 Å². The van der Waals surface area contributed by atoms with Gasteiger partial charge in [0, 0.05) is 13.0 Å². The average Bonchev–Trinajstić information content (AvgIpc) is 1.72. The van der Waals surface area contributed by atoms with Crippen LogP contribution in [0.1, 0.15) is 408 Å². The smallest absolute Gasteiger partial charge is 0.220 e. The first-order chi connectivity index (χ1) is 42.7. The monoisotopic (exact) mass is 1220 g/mol. The number of rotatable bonds is 61. The van der Waals surface area contributed by atoms with Crippen LogP contribution in [0.4, 0.5) is 0 Å². The Bertz CT molecular complexity index is 1530. The molecule has 0 saturated heterocycles. The van der Waals surface area contributed by atoms with Gasteiger partial charge in [-0.25, -0.2) is 0 Å². The molecule has 87 heavy (non-hydrogen) atoms. The summed E-state index contributed by atoms with van der Waals surface area (Å²) in [5.41, 5.74) is 1.12. The highest BCUT2D eigenvalue weighted by Crippen LogP contribution is 2.68. The molecule has 0 aromatic heterocycles. The summed E-state index contributed by atoms with van der Waals surface area (Å²) in [5.74, 6) is 5.67. The first-order valence-electron chi connectivity index (χ1n) is 41.1. The zero-order valence-corrected chi connectivity index (χ0v) is 60.9. The Labute approximate surface area is 547 Å². The lowest BCUT2D eigenvalue weighted by molar-refractivity contribution is -0.122. The normalized spacial score (nSPS) is 23.2. The van der Waals surface area contributed by atoms with Gasteiger partial charge in [-0.1, -0.05) is 292 Å². The molecule has 4 aliphatic rings. The van der Waals surface area contributed by atoms with E-state index in [4.69, 9.17) is 0 Å². The Morgan fingerprint density at radius 2 is 0.713 bits per heavy atom. The van der Waals surface area contributed by atoms with Crippen molar-refractivity contribution < 1.29 is 4.79 Å². The van der Waals surface area contributed by atoms with Gasteiger partial charge in [0.1, 0.15) is 0 Å². The molecule has 514 valence electrons. The van der Waals surface area contributed by atoms with Crippen molar-refractivity contribution in [3.8, 4) is 0 Å². The van der Waals surface area contributed by atoms with Gasteiger partial charge in [-0.15, -0.1) is 0 Å². The lowest BCUT2D eigenvalue weighted by Gasteiger charge is -2.61. The van der Waals surface area contributed by atoms with Crippen molar-refractivity contribution in [3.63, 3.8) is 0 Å². The summed E-state index contributed by atoms with van der Waals surface area (Å²) < 4.78 is 0. The number of hydrogen-bond donors (Lipinski definition) is 1. The van der Waals surface area contributed by atoms with Crippen molar-refractivity contribution in [1.29, 1.82) is 0 Å². The van der Waals surface area contributed by atoms with Gasteiger partial charge in [0.15, 0.2) is 0 Å². The maximum Gasteiger partial charge on any atom is 0.220 e. The summed E-state index contributed by atoms with van der Waals surface area (Å²) in [4.78, 5) is 22.2. The standard InChI is InChI=1S/C82H160N4O/c1-8-12-16-20-24-28-32-36-40-46-65-84(71-52-64-83-80(87)60-55-74(5)77-58-59-78-76-57-56-75-54-44-45-62-81(75,6)79(76)61-63-82(77,78)7)69-50-51-70-86(68-49-43-39-35-31-27-23-19-15-11-4)73-53-72-85(66-47-41-37-33-29-25-21-17-13-9-2)67-48-42-38-34-30-26-22-18-14-10-3/h74-79H,8-73H2,1-7H3,(H,83,87)/t74-,75?,76?,77?,78?,79?,81?,82?/m1/s1. The molecule has 5 nitrogen and oxygen atoms in total. The van der Waals surface area contributed by atoms with E-state index >= 15 is 0 Å². The second kappa shape index (κ2) is 51.7. The Morgan fingerprint density at radius 1 is 0.368 bits per heavy atom. The molecule has 4 saturated carbocycles. The molecule has 0 radical (unpaired) electrons. The van der Waals surface area contributed by atoms with Gasteiger partial charge < -0.3 is 20.0 Å². The molecule has 4 rings (SSSR count). The van der Waals surface area contributed by atoms with Crippen LogP contribution in [-0.2, 0) is 4.79 Å². The van der Waals surface area contributed by atoms with E-state index in [1.54, 1.807) is 0 Å². The van der Waals surface area contributed by atoms with Crippen molar-refractivity contribution in [2.75, 3.05) is 65.4 Å². The molecule has 4 fully saturated rings. The molecule has 8 atom stereocenters. The zero-order valence-electron chi connectivity index (χ0n) is 60.9. The van der Waals surface area contributed by atoms with E-state index in [9.17, 15) is 4.79 Å². The summed E-state index contributed by atoms with van der Waals surface area (Å²) in [7, 11) is 0. The van der Waals surface area contributed by atoms with Crippen LogP contribution in [0.2, 0.25) is 0 Å². The maximum absolute atomic E-state index is 13.6. The van der Waals surface area contributed by atoms with Crippen molar-refractivity contribution in [3.05, 3.63) is 0 Å². The summed E-state index contributed by atoms with van der Waals surface area (Å²) in [6, 6.07) is 0. The third-order valence-electron chi connectivity index (χ3n) is 24.6. The second-order valence-corrected chi connectivity index (χ2v) is 31.7. The number of carbonyl (C=O) groups excluding carboxylic acids is 1. The number of nitrogens with one attached hydrogen (secondary N) is 1. The maximum atomic E-state index is 13.6. The Hall–Kier alpha value is -0.650. The predicted molar refractivity (Wildman–Crippen MR) is 386 cm³/mol. The average molecular weight is 1220 g/mol. The largest absolute Gasteiger partial charge is 0.356 e. The highest BCUT2D eigenvalue weighted by Gasteiger charge is 2.60. The van der Waals surface area contributed by atoms with Gasteiger partial charge in [-0.3, -0.25) is 4.79 Å². The first-order valence-corrected chi connectivity index (χ1v) is 41.1. The first kappa shape index (κ1) is 78.8. The van der Waals surface area contributed by atoms with Crippen LogP contribution in [0.25, 0.3) is 0 Å². The fourth-order valence-corrected chi connectivity index (χ4v) is 18.9. The molecule has 0 aromatic carbocycles. The molecule has 5 heteroatoms. The molecule has 0 heterocycles. The van der Waals surface area contributed by atoms with E-state index < -0.39 is 0 Å². The summed E-state index contributed by atoms with van der Waals surface area (Å²) >= 11 is 0. The summed E-state index contributed by atoms with van der Waals surface area (Å²) in [5, 5.41) is 3.46. The van der Waals surface area contributed by atoms with Crippen molar-refractivity contribution >= 4 is 5.91 Å². The number of nitrogens with zero attached hydrogens (tertiary/aromatic N) is 3. The highest BCUT2D eigenvalue weighted by atomic mass is 16.1. The fourth-order valence-electron chi connectivity index (χ4n) is 18.9. The van der Waals surface area contributed by atoms with Crippen molar-refractivity contribution in [1.82, 2.24) is 20.0 Å². The lowest BCUT2D eigenvalue weighted by atomic mass is 9.44. The predicted octanol–water partition coefficient (Wildman–Crippen LogP) is 24.7. The van der Waals surface area contributed by atoms with Gasteiger partial charge in [0.05, 0.1) is 0 Å². The molecule has 4 aliphatic carbocycles. The van der Waals surface area contributed by atoms with E-state index in [1.165, 1.54) is 393 Å². The quantitative estimate of drug-likeness (QED) is 0.0616. The number of unbranched alkanes of at least 4 members (excludes halogenated alkanes) is 37. The van der Waals surface area contributed by atoms with Gasteiger partial charge in [-0.2, -0.15) is 0 Å². The second-order valence-electron chi connectivity index (χ2n) is 31.7. The molecule has 0 spiro atoms. The zero-order chi connectivity index (χ0) is 62.1. The third kappa shape index (κ3) is 33.9. The van der Waals surface area contributed by atoms with Crippen LogP contribution in [0, 0.1) is 46.3 Å². The van der Waals surface area contributed by atoms with Crippen LogP contribution in [0.5, 0.6) is 0 Å². The van der Waals surface area contributed by atoms with Crippen LogP contribution in [0.3, 0.4) is 0 Å². The van der Waals surface area contributed by atoms with E-state index in [-0.39, 0.29) is 0 Å². The lowest BCUT2D eigenvalue weighted by Crippen LogP contribution is -2.53. The SMILES string of the molecule is CCCCCCCCCCCCN(CCCCN(CCCCCCCCCCCC)CCCN(CCCCCCCCCCCC)CCCCCCCCCCCC)CCCNC(=O)CC[C@@H](C)C1CCC2C3CCC4CCCCC4(C)C3CCC21C. The number of amides is 1. The number of carbonyl (C=O) groups is 1. The minimum Gasteiger partial charge on any atom is -0.356 e. The Morgan fingerprint density at radius 3 is 1.11 bits per heavy atom. The highest BCUT2D eigenvalue weighted by molar-refractivity contribution is 5.75. The van der Waals surface area contributed by atoms with Gasteiger partial charge in [0.25, 0.3) is 0 Å². The fraction of sp³-hybridized carbons (Fsp3) is 0.988. The molecule has 1 N–H and O–H groups in total. The van der Waals surface area contributed by atoms with E-state index in [0.717, 1.165) is 61.9 Å². The van der Waals surface area contributed by atoms with E-state index in [2.05, 4.69) is 68.5 Å². The summed E-state index contributed by atoms with van der Waals surface area (Å²) in [6.07, 6.45) is 78.6. The van der Waals surface area contributed by atoms with Crippen LogP contribution in [0.15, 0.2) is 0 Å². The van der Waals surface area contributed by atoms with E-state index in [0.29, 0.717) is 22.7 Å². The van der Waals surface area contributed by atoms with Crippen molar-refractivity contribution in [2.24, 2.45) is 46.3 Å².